The van der Waals surface area contributed by atoms with Crippen LogP contribution in [0.4, 0.5) is 4.39 Å². The zero-order chi connectivity index (χ0) is 17.5. The van der Waals surface area contributed by atoms with Crippen LogP contribution in [-0.2, 0) is 11.2 Å². The van der Waals surface area contributed by atoms with Crippen LogP contribution in [0, 0.1) is 19.7 Å². The maximum atomic E-state index is 12.8. The van der Waals surface area contributed by atoms with Gasteiger partial charge in [-0.15, -0.1) is 0 Å². The van der Waals surface area contributed by atoms with Gasteiger partial charge in [0.25, 0.3) is 0 Å². The third-order valence-electron chi connectivity index (χ3n) is 3.83. The minimum atomic E-state index is -0.254. The van der Waals surface area contributed by atoms with Gasteiger partial charge in [0.1, 0.15) is 11.6 Å². The molecule has 0 aliphatic rings. The van der Waals surface area contributed by atoms with Crippen molar-refractivity contribution in [1.29, 1.82) is 0 Å². The molecule has 0 atom stereocenters. The standard InChI is InChI=1S/C20H22FNO2/c1-14-12-18(24-3)13-15(2)19(14)8-9-20(23)22-11-10-16-4-6-17(21)7-5-16/h4-9,12-13H,10-11H2,1-3H3,(H,22,23)/b9-8+. The van der Waals surface area contributed by atoms with E-state index in [1.807, 2.05) is 32.1 Å². The Morgan fingerprint density at radius 2 is 1.79 bits per heavy atom. The van der Waals surface area contributed by atoms with Gasteiger partial charge in [0.15, 0.2) is 0 Å². The van der Waals surface area contributed by atoms with E-state index in [2.05, 4.69) is 5.32 Å². The highest BCUT2D eigenvalue weighted by molar-refractivity contribution is 5.92. The second kappa shape index (κ2) is 8.29. The van der Waals surface area contributed by atoms with Gasteiger partial charge in [-0.05, 0) is 72.9 Å². The molecule has 0 fully saturated rings. The molecule has 2 aromatic carbocycles. The highest BCUT2D eigenvalue weighted by Gasteiger charge is 2.04. The van der Waals surface area contributed by atoms with Gasteiger partial charge in [0, 0.05) is 12.6 Å². The van der Waals surface area contributed by atoms with E-state index < -0.39 is 0 Å². The summed E-state index contributed by atoms with van der Waals surface area (Å²) in [5, 5.41) is 2.83. The molecule has 0 unspecified atom stereocenters. The third-order valence-corrected chi connectivity index (χ3v) is 3.83. The maximum absolute atomic E-state index is 12.8. The fourth-order valence-electron chi connectivity index (χ4n) is 2.51. The molecule has 2 rings (SSSR count). The number of rotatable bonds is 6. The van der Waals surface area contributed by atoms with Crippen LogP contribution in [0.15, 0.2) is 42.5 Å². The zero-order valence-corrected chi connectivity index (χ0v) is 14.2. The molecule has 0 aromatic heterocycles. The number of halogens is 1. The molecule has 0 aliphatic heterocycles. The number of amides is 1. The van der Waals surface area contributed by atoms with E-state index in [-0.39, 0.29) is 11.7 Å². The lowest BCUT2D eigenvalue weighted by atomic mass is 10.0. The Balaban J connectivity index is 1.90. The number of benzene rings is 2. The lowest BCUT2D eigenvalue weighted by molar-refractivity contribution is -0.116. The summed E-state index contributed by atoms with van der Waals surface area (Å²) in [6.45, 7) is 4.48. The third kappa shape index (κ3) is 4.95. The lowest BCUT2D eigenvalue weighted by Crippen LogP contribution is -2.23. The minimum absolute atomic E-state index is 0.147. The van der Waals surface area contributed by atoms with E-state index >= 15 is 0 Å². The van der Waals surface area contributed by atoms with Crippen molar-refractivity contribution in [3.05, 3.63) is 70.5 Å². The first-order valence-electron chi connectivity index (χ1n) is 7.85. The van der Waals surface area contributed by atoms with Gasteiger partial charge in [-0.25, -0.2) is 4.39 Å². The molecular formula is C20H22FNO2. The van der Waals surface area contributed by atoms with Crippen LogP contribution in [0.5, 0.6) is 5.75 Å². The first kappa shape index (κ1) is 17.7. The zero-order valence-electron chi connectivity index (χ0n) is 14.2. The normalized spacial score (nSPS) is 10.8. The van der Waals surface area contributed by atoms with E-state index in [0.29, 0.717) is 13.0 Å². The molecule has 1 N–H and O–H groups in total. The number of carbonyl (C=O) groups is 1. The second-order valence-electron chi connectivity index (χ2n) is 5.68. The predicted octanol–water partition coefficient (Wildman–Crippen LogP) is 3.82. The molecule has 0 saturated carbocycles. The quantitative estimate of drug-likeness (QED) is 0.819. The number of nitrogens with one attached hydrogen (secondary N) is 1. The summed E-state index contributed by atoms with van der Waals surface area (Å²) in [6, 6.07) is 10.2. The van der Waals surface area contributed by atoms with Crippen LogP contribution in [-0.4, -0.2) is 19.6 Å². The van der Waals surface area contributed by atoms with Gasteiger partial charge in [-0.1, -0.05) is 12.1 Å². The molecule has 0 saturated heterocycles. The molecule has 0 bridgehead atoms. The van der Waals surface area contributed by atoms with E-state index in [1.54, 1.807) is 19.2 Å². The molecule has 126 valence electrons. The van der Waals surface area contributed by atoms with Gasteiger partial charge in [-0.2, -0.15) is 0 Å². The van der Waals surface area contributed by atoms with Crippen LogP contribution < -0.4 is 10.1 Å². The van der Waals surface area contributed by atoms with Crippen molar-refractivity contribution < 1.29 is 13.9 Å². The topological polar surface area (TPSA) is 38.3 Å². The molecule has 0 aliphatic carbocycles. The van der Waals surface area contributed by atoms with E-state index in [1.165, 1.54) is 18.2 Å². The summed E-state index contributed by atoms with van der Waals surface area (Å²) in [5.41, 5.74) is 4.12. The van der Waals surface area contributed by atoms with Gasteiger partial charge >= 0.3 is 0 Å². The summed E-state index contributed by atoms with van der Waals surface area (Å²) in [7, 11) is 1.64. The van der Waals surface area contributed by atoms with Crippen molar-refractivity contribution in [1.82, 2.24) is 5.32 Å². The first-order chi connectivity index (χ1) is 11.5. The monoisotopic (exact) mass is 327 g/mol. The Morgan fingerprint density at radius 1 is 1.17 bits per heavy atom. The summed E-state index contributed by atoms with van der Waals surface area (Å²) in [6.07, 6.45) is 4.02. The number of hydrogen-bond donors (Lipinski definition) is 1. The molecular weight excluding hydrogens is 305 g/mol. The van der Waals surface area contributed by atoms with Gasteiger partial charge in [0.2, 0.25) is 5.91 Å². The van der Waals surface area contributed by atoms with Gasteiger partial charge in [-0.3, -0.25) is 4.79 Å². The smallest absolute Gasteiger partial charge is 0.244 e. The molecule has 2 aromatic rings. The van der Waals surface area contributed by atoms with Crippen molar-refractivity contribution in [2.75, 3.05) is 13.7 Å². The minimum Gasteiger partial charge on any atom is -0.497 e. The van der Waals surface area contributed by atoms with Gasteiger partial charge in [0.05, 0.1) is 7.11 Å². The molecule has 0 heterocycles. The molecule has 1 amide bonds. The molecule has 24 heavy (non-hydrogen) atoms. The SMILES string of the molecule is COc1cc(C)c(/C=C/C(=O)NCCc2ccc(F)cc2)c(C)c1. The van der Waals surface area contributed by atoms with Crippen molar-refractivity contribution in [3.63, 3.8) is 0 Å². The summed E-state index contributed by atoms with van der Waals surface area (Å²) < 4.78 is 18.1. The van der Waals surface area contributed by atoms with E-state index in [9.17, 15) is 9.18 Å². The van der Waals surface area contributed by atoms with Crippen molar-refractivity contribution in [3.8, 4) is 5.75 Å². The Morgan fingerprint density at radius 3 is 2.38 bits per heavy atom. The van der Waals surface area contributed by atoms with E-state index in [0.717, 1.165) is 28.0 Å². The highest BCUT2D eigenvalue weighted by atomic mass is 19.1. The molecule has 0 spiro atoms. The Bertz CT molecular complexity index is 713. The Labute approximate surface area is 142 Å². The average Bonchev–Trinajstić information content (AvgIpc) is 2.55. The largest absolute Gasteiger partial charge is 0.497 e. The van der Waals surface area contributed by atoms with Crippen LogP contribution in [0.2, 0.25) is 0 Å². The molecule has 0 radical (unpaired) electrons. The maximum Gasteiger partial charge on any atom is 0.244 e. The molecule has 3 nitrogen and oxygen atoms in total. The van der Waals surface area contributed by atoms with Gasteiger partial charge < -0.3 is 10.1 Å². The Kier molecular flexibility index (Phi) is 6.13. The number of methoxy groups -OCH3 is 1. The Hall–Kier alpha value is -2.62. The van der Waals surface area contributed by atoms with Crippen LogP contribution in [0.3, 0.4) is 0 Å². The first-order valence-corrected chi connectivity index (χ1v) is 7.85. The number of ether oxygens (including phenoxy) is 1. The van der Waals surface area contributed by atoms with Crippen molar-refractivity contribution in [2.45, 2.75) is 20.3 Å². The average molecular weight is 327 g/mol. The van der Waals surface area contributed by atoms with Crippen LogP contribution in [0.25, 0.3) is 6.08 Å². The fourth-order valence-corrected chi connectivity index (χ4v) is 2.51. The second-order valence-corrected chi connectivity index (χ2v) is 5.68. The molecule has 4 heteroatoms. The van der Waals surface area contributed by atoms with E-state index in [4.69, 9.17) is 4.74 Å². The predicted molar refractivity (Wildman–Crippen MR) is 94.6 cm³/mol. The van der Waals surface area contributed by atoms with Crippen LogP contribution >= 0.6 is 0 Å². The number of carbonyl (C=O) groups excluding carboxylic acids is 1. The summed E-state index contributed by atoms with van der Waals surface area (Å²) in [5.74, 6) is 0.411. The summed E-state index contributed by atoms with van der Waals surface area (Å²) in [4.78, 5) is 11.9. The number of hydrogen-bond acceptors (Lipinski definition) is 2. The van der Waals surface area contributed by atoms with Crippen LogP contribution in [0.1, 0.15) is 22.3 Å². The van der Waals surface area contributed by atoms with Crippen molar-refractivity contribution >= 4 is 12.0 Å². The fraction of sp³-hybridized carbons (Fsp3) is 0.250. The summed E-state index contributed by atoms with van der Waals surface area (Å²) >= 11 is 0. The highest BCUT2D eigenvalue weighted by Crippen LogP contribution is 2.22. The van der Waals surface area contributed by atoms with Crippen molar-refractivity contribution in [2.24, 2.45) is 0 Å². The number of aryl methyl sites for hydroxylation is 2. The lowest BCUT2D eigenvalue weighted by Gasteiger charge is -2.09.